The normalized spacial score (nSPS) is 22.9. The van der Waals surface area contributed by atoms with E-state index in [1.165, 1.54) is 22.4 Å². The van der Waals surface area contributed by atoms with Gasteiger partial charge in [0.1, 0.15) is 0 Å². The van der Waals surface area contributed by atoms with E-state index in [4.69, 9.17) is 0 Å². The molecule has 1 aliphatic heterocycles. The van der Waals surface area contributed by atoms with Crippen molar-refractivity contribution in [1.29, 1.82) is 0 Å². The van der Waals surface area contributed by atoms with Crippen molar-refractivity contribution in [2.45, 2.75) is 39.2 Å². The summed E-state index contributed by atoms with van der Waals surface area (Å²) in [5.41, 5.74) is 5.33. The molecule has 27 heavy (non-hydrogen) atoms. The maximum absolute atomic E-state index is 12.1. The number of rotatable bonds is 6. The van der Waals surface area contributed by atoms with Crippen LogP contribution < -0.4 is 5.32 Å². The number of nitrogens with zero attached hydrogens (tertiary/aromatic N) is 3. The van der Waals surface area contributed by atoms with Gasteiger partial charge in [-0.1, -0.05) is 23.8 Å². The second-order valence-electron chi connectivity index (χ2n) is 8.44. The highest BCUT2D eigenvalue weighted by atomic mass is 16.2. The average Bonchev–Trinajstić information content (AvgIpc) is 3.29. The van der Waals surface area contributed by atoms with E-state index in [1.54, 1.807) is 0 Å². The second kappa shape index (κ2) is 7.47. The SMILES string of the molecule is Cc1ccc(CN2C[C@@H](CNC(=O)C3CC3)[C@H](c3cncn3C)C2)c(C)c1. The van der Waals surface area contributed by atoms with Crippen molar-refractivity contribution in [3.63, 3.8) is 0 Å². The van der Waals surface area contributed by atoms with Crippen LogP contribution in [-0.4, -0.2) is 40.0 Å². The first-order valence-corrected chi connectivity index (χ1v) is 10.0. The molecule has 0 radical (unpaired) electrons. The zero-order valence-corrected chi connectivity index (χ0v) is 16.6. The van der Waals surface area contributed by atoms with Gasteiger partial charge >= 0.3 is 0 Å². The fourth-order valence-electron chi connectivity index (χ4n) is 4.34. The smallest absolute Gasteiger partial charge is 0.223 e. The third kappa shape index (κ3) is 4.08. The summed E-state index contributed by atoms with van der Waals surface area (Å²) in [5.74, 6) is 1.34. The summed E-state index contributed by atoms with van der Waals surface area (Å²) < 4.78 is 2.13. The van der Waals surface area contributed by atoms with Gasteiger partial charge in [-0.2, -0.15) is 0 Å². The average molecular weight is 367 g/mol. The molecule has 0 spiro atoms. The minimum atomic E-state index is 0.242. The summed E-state index contributed by atoms with van der Waals surface area (Å²) in [4.78, 5) is 19.0. The molecule has 1 aliphatic carbocycles. The number of nitrogens with one attached hydrogen (secondary N) is 1. The molecule has 2 heterocycles. The van der Waals surface area contributed by atoms with Crippen LogP contribution in [0.1, 0.15) is 41.1 Å². The number of imidazole rings is 1. The van der Waals surface area contributed by atoms with Crippen LogP contribution in [0.5, 0.6) is 0 Å². The van der Waals surface area contributed by atoms with Gasteiger partial charge in [-0.3, -0.25) is 9.69 Å². The van der Waals surface area contributed by atoms with Gasteiger partial charge in [-0.05, 0) is 43.7 Å². The van der Waals surface area contributed by atoms with Crippen LogP contribution in [0.25, 0.3) is 0 Å². The van der Waals surface area contributed by atoms with Crippen LogP contribution in [0.3, 0.4) is 0 Å². The Morgan fingerprint density at radius 3 is 2.74 bits per heavy atom. The van der Waals surface area contributed by atoms with E-state index in [2.05, 4.69) is 58.9 Å². The van der Waals surface area contributed by atoms with Crippen LogP contribution in [0.15, 0.2) is 30.7 Å². The fraction of sp³-hybridized carbons (Fsp3) is 0.545. The van der Waals surface area contributed by atoms with Crippen LogP contribution in [0.2, 0.25) is 0 Å². The molecular weight excluding hydrogens is 336 g/mol. The van der Waals surface area contributed by atoms with Gasteiger partial charge in [-0.25, -0.2) is 4.98 Å². The van der Waals surface area contributed by atoms with Crippen molar-refractivity contribution >= 4 is 5.91 Å². The first-order chi connectivity index (χ1) is 13.0. The van der Waals surface area contributed by atoms with Crippen molar-refractivity contribution in [2.24, 2.45) is 18.9 Å². The molecule has 2 aliphatic rings. The Balaban J connectivity index is 1.47. The highest BCUT2D eigenvalue weighted by molar-refractivity contribution is 5.80. The predicted octanol–water partition coefficient (Wildman–Crippen LogP) is 2.78. The summed E-state index contributed by atoms with van der Waals surface area (Å²) in [5, 5.41) is 3.21. The lowest BCUT2D eigenvalue weighted by atomic mass is 9.93. The molecule has 1 aromatic carbocycles. The summed E-state index contributed by atoms with van der Waals surface area (Å²) in [6.45, 7) is 8.08. The lowest BCUT2D eigenvalue weighted by Gasteiger charge is -2.19. The monoisotopic (exact) mass is 366 g/mol. The molecule has 1 saturated carbocycles. The molecule has 1 aromatic heterocycles. The zero-order chi connectivity index (χ0) is 19.0. The Kier molecular flexibility index (Phi) is 5.04. The minimum absolute atomic E-state index is 0.242. The topological polar surface area (TPSA) is 50.2 Å². The number of likely N-dealkylation sites (tertiary alicyclic amines) is 1. The van der Waals surface area contributed by atoms with E-state index in [9.17, 15) is 4.79 Å². The van der Waals surface area contributed by atoms with Crippen LogP contribution in [0.4, 0.5) is 0 Å². The highest BCUT2D eigenvalue weighted by Crippen LogP contribution is 2.34. The maximum Gasteiger partial charge on any atom is 0.223 e. The zero-order valence-electron chi connectivity index (χ0n) is 16.6. The number of aromatic nitrogens is 2. The van der Waals surface area contributed by atoms with E-state index in [0.717, 1.165) is 39.0 Å². The molecule has 4 rings (SSSR count). The largest absolute Gasteiger partial charge is 0.356 e. The predicted molar refractivity (Wildman–Crippen MR) is 106 cm³/mol. The standard InChI is InChI=1S/C22H30N4O/c1-15-4-5-18(16(2)8-15)11-26-12-19(9-24-22(27)17-6-7-17)20(13-26)21-10-23-14-25(21)3/h4-5,8,10,14,17,19-20H,6-7,9,11-13H2,1-3H3,(H,24,27)/t19-,20-/m1/s1. The molecule has 2 atom stereocenters. The van der Waals surface area contributed by atoms with Gasteiger partial charge in [0, 0.05) is 57.0 Å². The quantitative estimate of drug-likeness (QED) is 0.855. The van der Waals surface area contributed by atoms with Gasteiger partial charge in [0.05, 0.1) is 6.33 Å². The lowest BCUT2D eigenvalue weighted by Crippen LogP contribution is -2.33. The van der Waals surface area contributed by atoms with Crippen LogP contribution >= 0.6 is 0 Å². The number of hydrogen-bond acceptors (Lipinski definition) is 3. The number of benzene rings is 1. The van der Waals surface area contributed by atoms with Gasteiger partial charge in [0.2, 0.25) is 5.91 Å². The summed E-state index contributed by atoms with van der Waals surface area (Å²) in [7, 11) is 2.06. The van der Waals surface area contributed by atoms with E-state index in [1.807, 2.05) is 12.5 Å². The summed E-state index contributed by atoms with van der Waals surface area (Å²) in [6.07, 6.45) is 5.98. The van der Waals surface area contributed by atoms with E-state index in [0.29, 0.717) is 11.8 Å². The molecule has 0 unspecified atom stereocenters. The third-order valence-electron chi connectivity index (χ3n) is 6.13. The van der Waals surface area contributed by atoms with Crippen molar-refractivity contribution in [2.75, 3.05) is 19.6 Å². The van der Waals surface area contributed by atoms with Crippen LogP contribution in [0, 0.1) is 25.7 Å². The van der Waals surface area contributed by atoms with Gasteiger partial charge in [0.25, 0.3) is 0 Å². The molecule has 1 amide bonds. The van der Waals surface area contributed by atoms with Gasteiger partial charge < -0.3 is 9.88 Å². The maximum atomic E-state index is 12.1. The van der Waals surface area contributed by atoms with Crippen molar-refractivity contribution < 1.29 is 4.79 Å². The number of hydrogen-bond donors (Lipinski definition) is 1. The Morgan fingerprint density at radius 2 is 2.07 bits per heavy atom. The molecule has 5 heteroatoms. The van der Waals surface area contributed by atoms with Crippen molar-refractivity contribution in [3.8, 4) is 0 Å². The highest BCUT2D eigenvalue weighted by Gasteiger charge is 2.37. The molecule has 1 N–H and O–H groups in total. The molecule has 0 bridgehead atoms. The van der Waals surface area contributed by atoms with Gasteiger partial charge in [-0.15, -0.1) is 0 Å². The Labute approximate surface area is 161 Å². The van der Waals surface area contributed by atoms with E-state index in [-0.39, 0.29) is 11.8 Å². The number of carbonyl (C=O) groups excluding carboxylic acids is 1. The molecule has 1 saturated heterocycles. The number of carbonyl (C=O) groups is 1. The Hall–Kier alpha value is -2.14. The minimum Gasteiger partial charge on any atom is -0.356 e. The van der Waals surface area contributed by atoms with Crippen molar-refractivity contribution in [1.82, 2.24) is 19.8 Å². The molecule has 2 fully saturated rings. The molecule has 144 valence electrons. The lowest BCUT2D eigenvalue weighted by molar-refractivity contribution is -0.122. The second-order valence-corrected chi connectivity index (χ2v) is 8.44. The number of aryl methyl sites for hydroxylation is 3. The first kappa shape index (κ1) is 18.2. The van der Waals surface area contributed by atoms with Crippen molar-refractivity contribution in [3.05, 3.63) is 53.1 Å². The Bertz CT molecular complexity index is 823. The van der Waals surface area contributed by atoms with E-state index < -0.39 is 0 Å². The van der Waals surface area contributed by atoms with Crippen LogP contribution in [-0.2, 0) is 18.4 Å². The molecule has 2 aromatic rings. The van der Waals surface area contributed by atoms with Gasteiger partial charge in [0.15, 0.2) is 0 Å². The summed E-state index contributed by atoms with van der Waals surface area (Å²) in [6, 6.07) is 6.72. The molecule has 5 nitrogen and oxygen atoms in total. The molecular formula is C22H30N4O. The Morgan fingerprint density at radius 1 is 1.26 bits per heavy atom. The summed E-state index contributed by atoms with van der Waals surface area (Å²) >= 11 is 0. The fourth-order valence-corrected chi connectivity index (χ4v) is 4.34. The third-order valence-corrected chi connectivity index (χ3v) is 6.13. The van der Waals surface area contributed by atoms with E-state index >= 15 is 0 Å². The first-order valence-electron chi connectivity index (χ1n) is 10.0. The number of amides is 1.